The van der Waals surface area contributed by atoms with Gasteiger partial charge in [-0.15, -0.1) is 0 Å². The van der Waals surface area contributed by atoms with Crippen molar-refractivity contribution in [2.24, 2.45) is 4.99 Å². The highest BCUT2D eigenvalue weighted by Crippen LogP contribution is 2.41. The molecule has 2 fully saturated rings. The lowest BCUT2D eigenvalue weighted by Crippen LogP contribution is -2.42. The van der Waals surface area contributed by atoms with Gasteiger partial charge in [-0.1, -0.05) is 17.7 Å². The molecule has 5 rings (SSSR count). The van der Waals surface area contributed by atoms with Crippen LogP contribution in [0.25, 0.3) is 5.57 Å². The number of morpholine rings is 2. The van der Waals surface area contributed by atoms with Gasteiger partial charge >= 0.3 is 0 Å². The molecule has 212 valence electrons. The van der Waals surface area contributed by atoms with E-state index in [0.29, 0.717) is 63.7 Å². The van der Waals surface area contributed by atoms with Crippen LogP contribution in [0.2, 0.25) is 0 Å². The number of nitrogens with zero attached hydrogens (tertiary/aromatic N) is 3. The van der Waals surface area contributed by atoms with Gasteiger partial charge in [0.2, 0.25) is 0 Å². The first kappa shape index (κ1) is 28.1. The van der Waals surface area contributed by atoms with Gasteiger partial charge < -0.3 is 24.3 Å². The van der Waals surface area contributed by atoms with Gasteiger partial charge in [-0.2, -0.15) is 0 Å². The SMILES string of the molecule is CC1=N/C(=C(\c2[nH]c(C)c(C(=O)N3CCOCC3)c2C)c2c(C)cc(C)cc2C)C(C)=C1C(=O)N1CCOCC1. The van der Waals surface area contributed by atoms with Crippen molar-refractivity contribution in [2.75, 3.05) is 52.6 Å². The van der Waals surface area contributed by atoms with Crippen molar-refractivity contribution in [2.45, 2.75) is 48.5 Å². The van der Waals surface area contributed by atoms with Crippen LogP contribution < -0.4 is 0 Å². The van der Waals surface area contributed by atoms with Gasteiger partial charge in [-0.3, -0.25) is 14.6 Å². The Morgan fingerprint density at radius 1 is 0.775 bits per heavy atom. The maximum absolute atomic E-state index is 13.7. The molecule has 2 aromatic rings. The number of rotatable bonds is 4. The Balaban J connectivity index is 1.72. The van der Waals surface area contributed by atoms with Gasteiger partial charge in [-0.05, 0) is 76.3 Å². The standard InChI is InChI=1S/C32H40N4O4/c1-18-16-19(2)25(20(3)17-18)28(29-21(4)26(23(6)33-29)31(37)35-8-12-39-13-9-35)30-22(5)27(24(7)34-30)32(38)36-10-14-40-15-11-36/h16-17,33H,8-15H2,1-7H3/b30-28-. The normalized spacial score (nSPS) is 19.3. The molecule has 1 aromatic carbocycles. The summed E-state index contributed by atoms with van der Waals surface area (Å²) in [6, 6.07) is 4.36. The molecule has 40 heavy (non-hydrogen) atoms. The molecule has 2 amide bonds. The zero-order valence-corrected chi connectivity index (χ0v) is 24.8. The van der Waals surface area contributed by atoms with Gasteiger partial charge in [0.25, 0.3) is 11.8 Å². The van der Waals surface area contributed by atoms with Crippen LogP contribution in [0.5, 0.6) is 0 Å². The maximum atomic E-state index is 13.7. The van der Waals surface area contributed by atoms with Crippen LogP contribution in [0.3, 0.4) is 0 Å². The molecular weight excluding hydrogens is 504 g/mol. The molecule has 4 heterocycles. The average Bonchev–Trinajstić information content (AvgIpc) is 3.39. The lowest BCUT2D eigenvalue weighted by atomic mass is 9.87. The molecule has 2 saturated heterocycles. The van der Waals surface area contributed by atoms with Crippen molar-refractivity contribution < 1.29 is 19.1 Å². The number of benzene rings is 1. The lowest BCUT2D eigenvalue weighted by Gasteiger charge is -2.27. The first-order chi connectivity index (χ1) is 19.1. The molecule has 0 atom stereocenters. The minimum Gasteiger partial charge on any atom is -0.378 e. The summed E-state index contributed by atoms with van der Waals surface area (Å²) in [6.45, 7) is 18.7. The van der Waals surface area contributed by atoms with E-state index in [1.165, 1.54) is 5.56 Å². The second kappa shape index (κ2) is 11.2. The van der Waals surface area contributed by atoms with E-state index in [1.54, 1.807) is 0 Å². The Morgan fingerprint density at radius 2 is 1.30 bits per heavy atom. The van der Waals surface area contributed by atoms with Crippen molar-refractivity contribution in [3.05, 3.63) is 73.7 Å². The summed E-state index contributed by atoms with van der Waals surface area (Å²) in [7, 11) is 0. The molecule has 3 aliphatic rings. The zero-order chi connectivity index (χ0) is 28.7. The minimum atomic E-state index is -0.00341. The third kappa shape index (κ3) is 4.95. The van der Waals surface area contributed by atoms with E-state index in [9.17, 15) is 9.59 Å². The summed E-state index contributed by atoms with van der Waals surface area (Å²) >= 11 is 0. The van der Waals surface area contributed by atoms with Gasteiger partial charge in [0.05, 0.1) is 54.7 Å². The third-order valence-corrected chi connectivity index (χ3v) is 8.25. The van der Waals surface area contributed by atoms with Crippen molar-refractivity contribution in [1.82, 2.24) is 14.8 Å². The van der Waals surface area contributed by atoms with Crippen LogP contribution in [-0.4, -0.2) is 84.9 Å². The largest absolute Gasteiger partial charge is 0.378 e. The van der Waals surface area contributed by atoms with E-state index in [1.807, 2.05) is 37.5 Å². The number of amides is 2. The number of aromatic amines is 1. The number of allylic oxidation sites excluding steroid dienone is 1. The predicted octanol–water partition coefficient (Wildman–Crippen LogP) is 4.44. The Kier molecular flexibility index (Phi) is 7.84. The van der Waals surface area contributed by atoms with E-state index in [2.05, 4.69) is 37.9 Å². The van der Waals surface area contributed by atoms with E-state index >= 15 is 0 Å². The molecule has 0 unspecified atom stereocenters. The van der Waals surface area contributed by atoms with Crippen LogP contribution in [0.1, 0.15) is 63.4 Å². The molecule has 8 heteroatoms. The summed E-state index contributed by atoms with van der Waals surface area (Å²) < 4.78 is 11.0. The molecule has 0 spiro atoms. The number of carbonyl (C=O) groups is 2. The van der Waals surface area contributed by atoms with E-state index in [0.717, 1.165) is 56.2 Å². The van der Waals surface area contributed by atoms with Crippen molar-refractivity contribution in [3.8, 4) is 0 Å². The number of aliphatic imine (C=N–C) groups is 1. The molecule has 3 aliphatic heterocycles. The number of H-pyrrole nitrogens is 1. The number of nitrogens with one attached hydrogen (secondary N) is 1. The highest BCUT2D eigenvalue weighted by Gasteiger charge is 2.33. The first-order valence-electron chi connectivity index (χ1n) is 14.1. The predicted molar refractivity (Wildman–Crippen MR) is 157 cm³/mol. The lowest BCUT2D eigenvalue weighted by molar-refractivity contribution is -0.130. The average molecular weight is 545 g/mol. The fourth-order valence-electron chi connectivity index (χ4n) is 6.36. The van der Waals surface area contributed by atoms with Crippen LogP contribution in [0, 0.1) is 34.6 Å². The number of aryl methyl sites for hydroxylation is 4. The summed E-state index contributed by atoms with van der Waals surface area (Å²) in [5, 5.41) is 0. The Morgan fingerprint density at radius 3 is 1.85 bits per heavy atom. The van der Waals surface area contributed by atoms with Crippen LogP contribution in [-0.2, 0) is 14.3 Å². The second-order valence-corrected chi connectivity index (χ2v) is 11.1. The maximum Gasteiger partial charge on any atom is 0.256 e. The topological polar surface area (TPSA) is 87.2 Å². The molecule has 8 nitrogen and oxygen atoms in total. The number of ether oxygens (including phenoxy) is 2. The van der Waals surface area contributed by atoms with E-state index in [4.69, 9.17) is 14.5 Å². The fraction of sp³-hybridized carbons (Fsp3) is 0.469. The quantitative estimate of drug-likeness (QED) is 0.617. The second-order valence-electron chi connectivity index (χ2n) is 11.1. The van der Waals surface area contributed by atoms with Crippen molar-refractivity contribution >= 4 is 23.1 Å². The smallest absolute Gasteiger partial charge is 0.256 e. The minimum absolute atomic E-state index is 0.00341. The van der Waals surface area contributed by atoms with Crippen LogP contribution in [0.4, 0.5) is 0 Å². The summed E-state index contributed by atoms with van der Waals surface area (Å²) in [5.74, 6) is 0.0142. The summed E-state index contributed by atoms with van der Waals surface area (Å²) in [5.41, 5.74) is 11.7. The summed E-state index contributed by atoms with van der Waals surface area (Å²) in [4.78, 5) is 39.7. The molecule has 1 N–H and O–H groups in total. The van der Waals surface area contributed by atoms with Gasteiger partial charge in [-0.25, -0.2) is 0 Å². The van der Waals surface area contributed by atoms with E-state index < -0.39 is 0 Å². The molecule has 0 aliphatic carbocycles. The van der Waals surface area contributed by atoms with Gasteiger partial charge in [0, 0.05) is 37.4 Å². The molecular formula is C32H40N4O4. The highest BCUT2D eigenvalue weighted by molar-refractivity contribution is 6.24. The number of hydrogen-bond acceptors (Lipinski definition) is 5. The Labute approximate surface area is 236 Å². The van der Waals surface area contributed by atoms with Crippen molar-refractivity contribution in [1.29, 1.82) is 0 Å². The third-order valence-electron chi connectivity index (χ3n) is 8.25. The van der Waals surface area contributed by atoms with E-state index in [-0.39, 0.29) is 11.8 Å². The molecule has 0 bridgehead atoms. The highest BCUT2D eigenvalue weighted by atomic mass is 16.5. The van der Waals surface area contributed by atoms with Gasteiger partial charge in [0.1, 0.15) is 0 Å². The van der Waals surface area contributed by atoms with Crippen molar-refractivity contribution in [3.63, 3.8) is 0 Å². The molecule has 1 aromatic heterocycles. The first-order valence-corrected chi connectivity index (χ1v) is 14.1. The summed E-state index contributed by atoms with van der Waals surface area (Å²) in [6.07, 6.45) is 0. The van der Waals surface area contributed by atoms with Crippen LogP contribution in [0.15, 0.2) is 34.0 Å². The fourth-order valence-corrected chi connectivity index (χ4v) is 6.36. The Bertz CT molecular complexity index is 1440. The van der Waals surface area contributed by atoms with Crippen LogP contribution >= 0.6 is 0 Å². The molecule has 0 radical (unpaired) electrons. The van der Waals surface area contributed by atoms with Gasteiger partial charge in [0.15, 0.2) is 0 Å². The molecule has 0 saturated carbocycles. The monoisotopic (exact) mass is 544 g/mol. The number of hydrogen-bond donors (Lipinski definition) is 1. The number of aromatic nitrogens is 1. The zero-order valence-electron chi connectivity index (χ0n) is 24.8. The Hall–Kier alpha value is -3.49. The number of carbonyl (C=O) groups excluding carboxylic acids is 2.